The lowest BCUT2D eigenvalue weighted by molar-refractivity contribution is 0.134. The first-order valence-electron chi connectivity index (χ1n) is 7.29. The number of hydrogen-bond acceptors (Lipinski definition) is 3. The van der Waals surface area contributed by atoms with Gasteiger partial charge in [-0.3, -0.25) is 0 Å². The van der Waals surface area contributed by atoms with Gasteiger partial charge >= 0.3 is 6.09 Å². The Hall–Kier alpha value is -1.76. The summed E-state index contributed by atoms with van der Waals surface area (Å²) < 4.78 is 8.95. The minimum Gasteiger partial charge on any atom is -0.490 e. The van der Waals surface area contributed by atoms with E-state index in [1.54, 1.807) is 6.33 Å². The molecule has 0 spiro atoms. The Balaban J connectivity index is 1.67. The van der Waals surface area contributed by atoms with Crippen LogP contribution in [0.2, 0.25) is 0 Å². The van der Waals surface area contributed by atoms with Crippen LogP contribution in [0.1, 0.15) is 25.7 Å². The summed E-state index contributed by atoms with van der Waals surface area (Å²) in [5, 5.41) is 11.3. The van der Waals surface area contributed by atoms with Crippen LogP contribution in [0, 0.1) is 0 Å². The van der Waals surface area contributed by atoms with Gasteiger partial charge in [0.05, 0.1) is 17.9 Å². The highest BCUT2D eigenvalue weighted by Crippen LogP contribution is 2.31. The van der Waals surface area contributed by atoms with Gasteiger partial charge in [-0.2, -0.15) is 0 Å². The number of fused-ring (bicyclic) bond motifs is 1. The number of aryl methyl sites for hydroxylation is 1. The molecule has 1 amide bonds. The van der Waals surface area contributed by atoms with Crippen LogP contribution in [0.4, 0.5) is 4.79 Å². The zero-order chi connectivity index (χ0) is 15.7. The fourth-order valence-corrected chi connectivity index (χ4v) is 3.45. The third kappa shape index (κ3) is 3.19. The maximum atomic E-state index is 10.7. The Morgan fingerprint density at radius 3 is 2.82 bits per heavy atom. The van der Waals surface area contributed by atoms with Gasteiger partial charge in [0, 0.05) is 23.6 Å². The molecule has 1 saturated carbocycles. The van der Waals surface area contributed by atoms with E-state index in [2.05, 4.69) is 26.2 Å². The lowest BCUT2D eigenvalue weighted by atomic mass is 9.93. The molecule has 6 nitrogen and oxygen atoms in total. The molecule has 0 atom stereocenters. The van der Waals surface area contributed by atoms with Crippen LogP contribution in [0.3, 0.4) is 0 Å². The summed E-state index contributed by atoms with van der Waals surface area (Å²) in [4.78, 5) is 15.0. The molecule has 0 unspecified atom stereocenters. The second-order valence-corrected chi connectivity index (χ2v) is 6.52. The average Bonchev–Trinajstić information content (AvgIpc) is 2.83. The number of nitrogens with zero attached hydrogens (tertiary/aromatic N) is 2. The molecule has 0 saturated heterocycles. The molecule has 2 N–H and O–H groups in total. The van der Waals surface area contributed by atoms with Gasteiger partial charge in [0.1, 0.15) is 11.3 Å². The van der Waals surface area contributed by atoms with E-state index < -0.39 is 6.09 Å². The quantitative estimate of drug-likeness (QED) is 0.872. The van der Waals surface area contributed by atoms with Crippen molar-refractivity contribution in [3.8, 4) is 5.75 Å². The summed E-state index contributed by atoms with van der Waals surface area (Å²) in [6.07, 6.45) is 4.29. The van der Waals surface area contributed by atoms with Gasteiger partial charge in [-0.1, -0.05) is 0 Å². The van der Waals surface area contributed by atoms with Crippen LogP contribution >= 0.6 is 15.9 Å². The Labute approximate surface area is 136 Å². The van der Waals surface area contributed by atoms with Crippen molar-refractivity contribution in [1.29, 1.82) is 0 Å². The molecule has 1 aliphatic rings. The average molecular weight is 368 g/mol. The minimum absolute atomic E-state index is 0.0450. The van der Waals surface area contributed by atoms with Crippen molar-refractivity contribution < 1.29 is 14.6 Å². The third-order valence-electron chi connectivity index (χ3n) is 4.06. The van der Waals surface area contributed by atoms with Gasteiger partial charge in [-0.05, 0) is 47.7 Å². The normalized spacial score (nSPS) is 21.7. The maximum Gasteiger partial charge on any atom is 0.404 e. The Morgan fingerprint density at radius 1 is 1.41 bits per heavy atom. The fraction of sp³-hybridized carbons (Fsp3) is 0.467. The number of rotatable bonds is 3. The lowest BCUT2D eigenvalue weighted by Gasteiger charge is -2.28. The van der Waals surface area contributed by atoms with Crippen LogP contribution in [-0.2, 0) is 7.05 Å². The van der Waals surface area contributed by atoms with E-state index in [9.17, 15) is 4.79 Å². The summed E-state index contributed by atoms with van der Waals surface area (Å²) in [6, 6.07) is 3.98. The van der Waals surface area contributed by atoms with Gasteiger partial charge in [0.15, 0.2) is 0 Å². The molecular formula is C15H18BrN3O3. The van der Waals surface area contributed by atoms with Gasteiger partial charge in [0.2, 0.25) is 0 Å². The first-order valence-corrected chi connectivity index (χ1v) is 8.09. The zero-order valence-corrected chi connectivity index (χ0v) is 13.8. The topological polar surface area (TPSA) is 76.4 Å². The largest absolute Gasteiger partial charge is 0.490 e. The fourth-order valence-electron chi connectivity index (χ4n) is 2.92. The van der Waals surface area contributed by atoms with Crippen LogP contribution in [0.15, 0.2) is 22.9 Å². The predicted molar refractivity (Wildman–Crippen MR) is 86.2 cm³/mol. The Morgan fingerprint density at radius 2 is 2.14 bits per heavy atom. The minimum atomic E-state index is -0.949. The van der Waals surface area contributed by atoms with E-state index in [0.717, 1.165) is 46.9 Å². The van der Waals surface area contributed by atoms with Gasteiger partial charge in [-0.15, -0.1) is 0 Å². The van der Waals surface area contributed by atoms with Crippen molar-refractivity contribution in [2.45, 2.75) is 37.8 Å². The summed E-state index contributed by atoms with van der Waals surface area (Å²) >= 11 is 3.53. The molecule has 0 aliphatic heterocycles. The van der Waals surface area contributed by atoms with Gasteiger partial charge < -0.3 is 19.7 Å². The van der Waals surface area contributed by atoms with Crippen molar-refractivity contribution >= 4 is 33.1 Å². The number of hydrogen-bond donors (Lipinski definition) is 2. The molecule has 118 valence electrons. The van der Waals surface area contributed by atoms with Crippen LogP contribution in [-0.4, -0.2) is 32.9 Å². The van der Waals surface area contributed by atoms with E-state index in [-0.39, 0.29) is 12.1 Å². The maximum absolute atomic E-state index is 10.7. The predicted octanol–water partition coefficient (Wildman–Crippen LogP) is 3.29. The standard InChI is InChI=1S/C15H18BrN3O3/c1-19-8-17-14-12(16)6-11(7-13(14)19)22-10-4-2-9(3-5-10)18-15(20)21/h6-10,18H,2-5H2,1H3,(H,20,21). The van der Waals surface area contributed by atoms with E-state index in [1.807, 2.05) is 23.7 Å². The van der Waals surface area contributed by atoms with E-state index >= 15 is 0 Å². The Bertz CT molecular complexity index is 693. The van der Waals surface area contributed by atoms with Crippen molar-refractivity contribution in [2.24, 2.45) is 7.05 Å². The van der Waals surface area contributed by atoms with Gasteiger partial charge in [-0.25, -0.2) is 9.78 Å². The van der Waals surface area contributed by atoms with E-state index in [4.69, 9.17) is 9.84 Å². The summed E-state index contributed by atoms with van der Waals surface area (Å²) in [5.74, 6) is 0.817. The molecule has 1 aliphatic carbocycles. The summed E-state index contributed by atoms with van der Waals surface area (Å²) in [7, 11) is 1.95. The van der Waals surface area contributed by atoms with Gasteiger partial charge in [0.25, 0.3) is 0 Å². The molecule has 0 bridgehead atoms. The number of aromatic nitrogens is 2. The smallest absolute Gasteiger partial charge is 0.404 e. The number of carbonyl (C=O) groups is 1. The van der Waals surface area contributed by atoms with Crippen LogP contribution in [0.5, 0.6) is 5.75 Å². The second-order valence-electron chi connectivity index (χ2n) is 5.67. The van der Waals surface area contributed by atoms with Crippen molar-refractivity contribution in [1.82, 2.24) is 14.9 Å². The summed E-state index contributed by atoms with van der Waals surface area (Å²) in [5.41, 5.74) is 1.94. The number of benzene rings is 1. The van der Waals surface area contributed by atoms with Crippen molar-refractivity contribution in [3.05, 3.63) is 22.9 Å². The van der Waals surface area contributed by atoms with Crippen molar-refractivity contribution in [2.75, 3.05) is 0 Å². The number of halogens is 1. The van der Waals surface area contributed by atoms with E-state index in [1.165, 1.54) is 0 Å². The number of amides is 1. The first kappa shape index (κ1) is 15.1. The monoisotopic (exact) mass is 367 g/mol. The molecule has 1 fully saturated rings. The molecule has 2 aromatic rings. The molecule has 3 rings (SSSR count). The molecule has 1 heterocycles. The number of imidazole rings is 1. The molecule has 0 radical (unpaired) electrons. The number of carboxylic acid groups (broad SMARTS) is 1. The SMILES string of the molecule is Cn1cnc2c(Br)cc(OC3CCC(NC(=O)O)CC3)cc21. The molecule has 7 heteroatoms. The number of ether oxygens (including phenoxy) is 1. The molecule has 1 aromatic heterocycles. The zero-order valence-electron chi connectivity index (χ0n) is 12.3. The Kier molecular flexibility index (Phi) is 4.24. The number of nitrogens with one attached hydrogen (secondary N) is 1. The molecular weight excluding hydrogens is 350 g/mol. The second kappa shape index (κ2) is 6.16. The highest BCUT2D eigenvalue weighted by Gasteiger charge is 2.23. The first-order chi connectivity index (χ1) is 10.5. The van der Waals surface area contributed by atoms with Crippen LogP contribution in [0.25, 0.3) is 11.0 Å². The molecule has 22 heavy (non-hydrogen) atoms. The third-order valence-corrected chi connectivity index (χ3v) is 4.67. The van der Waals surface area contributed by atoms with Crippen molar-refractivity contribution in [3.63, 3.8) is 0 Å². The lowest BCUT2D eigenvalue weighted by Crippen LogP contribution is -2.38. The summed E-state index contributed by atoms with van der Waals surface area (Å²) in [6.45, 7) is 0. The van der Waals surface area contributed by atoms with E-state index in [0.29, 0.717) is 0 Å². The highest BCUT2D eigenvalue weighted by molar-refractivity contribution is 9.10. The highest BCUT2D eigenvalue weighted by atomic mass is 79.9. The van der Waals surface area contributed by atoms with Crippen LogP contribution < -0.4 is 10.1 Å². The molecule has 1 aromatic carbocycles.